The third kappa shape index (κ3) is 3.20. The summed E-state index contributed by atoms with van der Waals surface area (Å²) in [5.74, 6) is 0.110. The van der Waals surface area contributed by atoms with Gasteiger partial charge in [0.15, 0.2) is 0 Å². The zero-order chi connectivity index (χ0) is 18.5. The molecular formula is C20H26O4S. The number of ketones is 1. The topological polar surface area (TPSA) is 60.4 Å². The standard InChI is InChI=1S/C20H26O4S/c1-5-10-20-12-15(21)11-17(19(3,4)13-20)18(20)24-25(22,23)16-8-6-14(2)7-9-16/h5-9,17-18H,1,10-13H2,2-4H3/t17-,18-,20-/m0/s1. The second kappa shape index (κ2) is 6.06. The molecule has 2 fully saturated rings. The Morgan fingerprint density at radius 2 is 1.92 bits per heavy atom. The van der Waals surface area contributed by atoms with E-state index in [0.717, 1.165) is 12.0 Å². The summed E-state index contributed by atoms with van der Waals surface area (Å²) in [5, 5.41) is 0. The zero-order valence-corrected chi connectivity index (χ0v) is 15.9. The first-order chi connectivity index (χ1) is 11.6. The van der Waals surface area contributed by atoms with Gasteiger partial charge < -0.3 is 0 Å². The van der Waals surface area contributed by atoms with E-state index in [2.05, 4.69) is 20.4 Å². The van der Waals surface area contributed by atoms with Crippen molar-refractivity contribution in [2.45, 2.75) is 57.5 Å². The van der Waals surface area contributed by atoms with Crippen molar-refractivity contribution >= 4 is 15.9 Å². The minimum absolute atomic E-state index is 0.0890. The number of carbonyl (C=O) groups is 1. The Bertz CT molecular complexity index is 791. The first-order valence-electron chi connectivity index (χ1n) is 8.72. The summed E-state index contributed by atoms with van der Waals surface area (Å²) in [5.41, 5.74) is 0.387. The number of fused-ring (bicyclic) bond motifs is 2. The van der Waals surface area contributed by atoms with Crippen molar-refractivity contribution in [3.8, 4) is 0 Å². The highest BCUT2D eigenvalue weighted by molar-refractivity contribution is 7.86. The fourth-order valence-electron chi connectivity index (χ4n) is 4.85. The molecule has 0 heterocycles. The van der Waals surface area contributed by atoms with Gasteiger partial charge in [-0.25, -0.2) is 0 Å². The summed E-state index contributed by atoms with van der Waals surface area (Å²) in [4.78, 5) is 12.4. The fraction of sp³-hybridized carbons (Fsp3) is 0.550. The molecule has 0 saturated heterocycles. The molecule has 2 aliphatic rings. The van der Waals surface area contributed by atoms with E-state index in [1.54, 1.807) is 30.3 Å². The zero-order valence-electron chi connectivity index (χ0n) is 15.1. The maximum Gasteiger partial charge on any atom is 0.297 e. The molecule has 136 valence electrons. The van der Waals surface area contributed by atoms with E-state index in [-0.39, 0.29) is 22.0 Å². The van der Waals surface area contributed by atoms with Crippen LogP contribution in [0.1, 0.15) is 45.1 Å². The smallest absolute Gasteiger partial charge is 0.297 e. The van der Waals surface area contributed by atoms with Crippen LogP contribution in [0.4, 0.5) is 0 Å². The van der Waals surface area contributed by atoms with Gasteiger partial charge in [0, 0.05) is 18.3 Å². The van der Waals surface area contributed by atoms with E-state index >= 15 is 0 Å². The molecule has 2 aliphatic carbocycles. The molecule has 3 atom stereocenters. The van der Waals surface area contributed by atoms with E-state index in [4.69, 9.17) is 4.18 Å². The monoisotopic (exact) mass is 362 g/mol. The average Bonchev–Trinajstić information content (AvgIpc) is 2.61. The van der Waals surface area contributed by atoms with Gasteiger partial charge in [-0.2, -0.15) is 8.42 Å². The molecule has 0 N–H and O–H groups in total. The molecule has 0 radical (unpaired) electrons. The summed E-state index contributed by atoms with van der Waals surface area (Å²) in [6.07, 6.45) is 3.42. The number of hydrogen-bond acceptors (Lipinski definition) is 4. The van der Waals surface area contributed by atoms with Crippen LogP contribution in [0.15, 0.2) is 41.8 Å². The van der Waals surface area contributed by atoms with Gasteiger partial charge in [-0.1, -0.05) is 37.6 Å². The molecule has 0 unspecified atom stereocenters. The van der Waals surface area contributed by atoms with Crippen LogP contribution in [-0.2, 0) is 19.1 Å². The van der Waals surface area contributed by atoms with E-state index in [1.165, 1.54) is 0 Å². The lowest BCUT2D eigenvalue weighted by molar-refractivity contribution is -0.129. The Hall–Kier alpha value is -1.46. The van der Waals surface area contributed by atoms with Crippen molar-refractivity contribution in [2.24, 2.45) is 16.7 Å². The summed E-state index contributed by atoms with van der Waals surface area (Å²) < 4.78 is 31.5. The number of allylic oxidation sites excluding steroid dienone is 1. The number of carbonyl (C=O) groups excluding carboxylic acids is 1. The Kier molecular flexibility index (Phi) is 4.44. The third-order valence-corrected chi connectivity index (χ3v) is 7.18. The highest BCUT2D eigenvalue weighted by Gasteiger charge is 2.62. The summed E-state index contributed by atoms with van der Waals surface area (Å²) >= 11 is 0. The molecule has 0 spiro atoms. The molecule has 1 aromatic rings. The van der Waals surface area contributed by atoms with E-state index in [1.807, 2.05) is 6.92 Å². The van der Waals surface area contributed by atoms with Crippen molar-refractivity contribution in [3.63, 3.8) is 0 Å². The SMILES string of the molecule is C=CC[C@@]12CC(=O)C[C@@H]([C@@H]1OS(=O)(=O)c1ccc(C)cc1)C(C)(C)C2. The average molecular weight is 362 g/mol. The minimum Gasteiger partial charge on any atom is -0.300 e. The molecule has 0 aromatic heterocycles. The van der Waals surface area contributed by atoms with Crippen LogP contribution in [0, 0.1) is 23.7 Å². The van der Waals surface area contributed by atoms with Crippen molar-refractivity contribution in [2.75, 3.05) is 0 Å². The van der Waals surface area contributed by atoms with Crippen LogP contribution in [-0.4, -0.2) is 20.3 Å². The fourth-order valence-corrected chi connectivity index (χ4v) is 6.04. The van der Waals surface area contributed by atoms with Crippen LogP contribution >= 0.6 is 0 Å². The summed E-state index contributed by atoms with van der Waals surface area (Å²) in [6.45, 7) is 9.94. The highest BCUT2D eigenvalue weighted by atomic mass is 32.2. The van der Waals surface area contributed by atoms with Crippen LogP contribution in [0.2, 0.25) is 0 Å². The lowest BCUT2D eigenvalue weighted by atomic mass is 9.70. The normalized spacial score (nSPS) is 31.1. The highest BCUT2D eigenvalue weighted by Crippen LogP contribution is 2.62. The number of Topliss-reactive ketones (excluding diaryl/α,β-unsaturated/α-hetero) is 1. The molecule has 25 heavy (non-hydrogen) atoms. The lowest BCUT2D eigenvalue weighted by Crippen LogP contribution is -2.44. The van der Waals surface area contributed by atoms with Gasteiger partial charge in [0.1, 0.15) is 5.78 Å². The minimum atomic E-state index is -3.87. The largest absolute Gasteiger partial charge is 0.300 e. The van der Waals surface area contributed by atoms with Gasteiger partial charge in [0.05, 0.1) is 11.0 Å². The predicted octanol–water partition coefficient (Wildman–Crippen LogP) is 4.04. The van der Waals surface area contributed by atoms with Gasteiger partial charge in [-0.15, -0.1) is 6.58 Å². The van der Waals surface area contributed by atoms with Gasteiger partial charge in [-0.05, 0) is 43.2 Å². The molecule has 3 rings (SSSR count). The maximum absolute atomic E-state index is 12.8. The number of aryl methyl sites for hydroxylation is 1. The van der Waals surface area contributed by atoms with Crippen molar-refractivity contribution < 1.29 is 17.4 Å². The number of hydrogen-bond donors (Lipinski definition) is 0. The van der Waals surface area contributed by atoms with Gasteiger partial charge in [0.2, 0.25) is 0 Å². The first kappa shape index (κ1) is 18.3. The number of rotatable bonds is 5. The van der Waals surface area contributed by atoms with Crippen LogP contribution < -0.4 is 0 Å². The molecule has 2 saturated carbocycles. The van der Waals surface area contributed by atoms with Crippen molar-refractivity contribution in [1.29, 1.82) is 0 Å². The van der Waals surface area contributed by atoms with Gasteiger partial charge in [-0.3, -0.25) is 8.98 Å². The first-order valence-corrected chi connectivity index (χ1v) is 10.1. The van der Waals surface area contributed by atoms with Crippen molar-refractivity contribution in [3.05, 3.63) is 42.5 Å². The molecular weight excluding hydrogens is 336 g/mol. The van der Waals surface area contributed by atoms with Crippen LogP contribution in [0.5, 0.6) is 0 Å². The molecule has 4 nitrogen and oxygen atoms in total. The quantitative estimate of drug-likeness (QED) is 0.586. The molecule has 0 amide bonds. The van der Waals surface area contributed by atoms with Crippen LogP contribution in [0.3, 0.4) is 0 Å². The summed E-state index contributed by atoms with van der Waals surface area (Å²) in [6, 6.07) is 6.68. The Morgan fingerprint density at radius 1 is 1.28 bits per heavy atom. The third-order valence-electron chi connectivity index (χ3n) is 5.87. The number of benzene rings is 1. The van der Waals surface area contributed by atoms with Gasteiger partial charge >= 0.3 is 0 Å². The summed E-state index contributed by atoms with van der Waals surface area (Å²) in [7, 11) is -3.87. The lowest BCUT2D eigenvalue weighted by Gasteiger charge is -2.39. The van der Waals surface area contributed by atoms with Crippen LogP contribution in [0.25, 0.3) is 0 Å². The van der Waals surface area contributed by atoms with E-state index in [9.17, 15) is 13.2 Å². The second-order valence-corrected chi connectivity index (χ2v) is 9.90. The van der Waals surface area contributed by atoms with E-state index < -0.39 is 21.6 Å². The van der Waals surface area contributed by atoms with E-state index in [0.29, 0.717) is 19.3 Å². The Balaban J connectivity index is 1.98. The second-order valence-electron chi connectivity index (χ2n) is 8.33. The molecule has 5 heteroatoms. The molecule has 0 aliphatic heterocycles. The Labute approximate surface area is 150 Å². The maximum atomic E-state index is 12.8. The predicted molar refractivity (Wildman–Crippen MR) is 96.6 cm³/mol. The van der Waals surface area contributed by atoms with Gasteiger partial charge in [0.25, 0.3) is 10.1 Å². The molecule has 1 aromatic carbocycles. The Morgan fingerprint density at radius 3 is 2.52 bits per heavy atom. The molecule has 2 bridgehead atoms. The van der Waals surface area contributed by atoms with Crippen molar-refractivity contribution in [1.82, 2.24) is 0 Å².